The Balaban J connectivity index is 2.01. The Labute approximate surface area is 152 Å². The molecule has 25 heavy (non-hydrogen) atoms. The Morgan fingerprint density at radius 1 is 0.640 bits per heavy atom. The molecule has 0 atom stereocenters. The zero-order valence-corrected chi connectivity index (χ0v) is 16.1. The molecule has 7 heteroatoms. The number of ether oxygens (including phenoxy) is 4. The van der Waals surface area contributed by atoms with Gasteiger partial charge in [-0.15, -0.1) is 0 Å². The van der Waals surface area contributed by atoms with Gasteiger partial charge in [0.05, 0.1) is 0 Å². The molecular weight excluding hydrogens is 387 g/mol. The third-order valence-corrected chi connectivity index (χ3v) is 5.24. The quantitative estimate of drug-likeness (QED) is 0.588. The number of hydrogen-bond donors (Lipinski definition) is 0. The molecule has 0 amide bonds. The van der Waals surface area contributed by atoms with Gasteiger partial charge in [-0.1, -0.05) is 0 Å². The molecule has 6 nitrogen and oxygen atoms in total. The molecule has 1 aromatic heterocycles. The number of nitrogens with zero attached hydrogens (tertiary/aromatic N) is 2. The van der Waals surface area contributed by atoms with Crippen LogP contribution in [-0.4, -0.2) is 52.1 Å². The summed E-state index contributed by atoms with van der Waals surface area (Å²) in [5.74, 6) is 3.54. The van der Waals surface area contributed by atoms with Crippen LogP contribution in [0.25, 0.3) is 21.5 Å². The van der Waals surface area contributed by atoms with Crippen LogP contribution in [0.2, 0.25) is 0 Å². The van der Waals surface area contributed by atoms with Crippen molar-refractivity contribution in [3.8, 4) is 44.5 Å². The molecular formula is C18H18N2O4Se. The van der Waals surface area contributed by atoms with E-state index in [0.717, 1.165) is 27.2 Å². The summed E-state index contributed by atoms with van der Waals surface area (Å²) in [5.41, 5.74) is 1.81. The normalized spacial score (nSPS) is 10.4. The third-order valence-electron chi connectivity index (χ3n) is 3.63. The van der Waals surface area contributed by atoms with Gasteiger partial charge in [0, 0.05) is 0 Å². The van der Waals surface area contributed by atoms with E-state index < -0.39 is 0 Å². The van der Waals surface area contributed by atoms with Crippen molar-refractivity contribution in [2.45, 2.75) is 0 Å². The standard InChI is InChI=1S/C18H18N2O4Se/c1-21-13-5-11(6-14(9-13)22-2)17-19-18(25-20-17)12-7-15(23-3)10-16(8-12)24-4/h5-10H,1-4H3. The Kier molecular flexibility index (Phi) is 5.26. The van der Waals surface area contributed by atoms with E-state index in [9.17, 15) is 0 Å². The van der Waals surface area contributed by atoms with Crippen molar-refractivity contribution in [2.24, 2.45) is 0 Å². The van der Waals surface area contributed by atoms with Crippen LogP contribution in [0.3, 0.4) is 0 Å². The first-order valence-corrected chi connectivity index (χ1v) is 9.09. The van der Waals surface area contributed by atoms with Crippen molar-refractivity contribution in [1.82, 2.24) is 8.96 Å². The minimum atomic E-state index is -0.122. The monoisotopic (exact) mass is 406 g/mol. The number of methoxy groups -OCH3 is 4. The fraction of sp³-hybridized carbons (Fsp3) is 0.222. The average molecular weight is 405 g/mol. The van der Waals surface area contributed by atoms with Crippen molar-refractivity contribution in [3.05, 3.63) is 36.4 Å². The number of benzene rings is 2. The van der Waals surface area contributed by atoms with Gasteiger partial charge in [-0.2, -0.15) is 0 Å². The van der Waals surface area contributed by atoms with Crippen LogP contribution >= 0.6 is 0 Å². The summed E-state index contributed by atoms with van der Waals surface area (Å²) in [4.78, 5) is 4.70. The summed E-state index contributed by atoms with van der Waals surface area (Å²) < 4.78 is 26.8. The fourth-order valence-corrected chi connectivity index (χ4v) is 3.73. The zero-order valence-electron chi connectivity index (χ0n) is 14.4. The maximum atomic E-state index is 5.33. The SMILES string of the molecule is COc1cc(OC)cc(-c2n[se]c(-c3cc(OC)cc(OC)c3)n2)c1. The van der Waals surface area contributed by atoms with Gasteiger partial charge in [-0.25, -0.2) is 0 Å². The first kappa shape index (κ1) is 17.3. The molecule has 0 N–H and O–H groups in total. The van der Waals surface area contributed by atoms with Crippen molar-refractivity contribution in [3.63, 3.8) is 0 Å². The first-order chi connectivity index (χ1) is 12.2. The summed E-state index contributed by atoms with van der Waals surface area (Å²) in [6.45, 7) is 0. The summed E-state index contributed by atoms with van der Waals surface area (Å²) in [5, 5.41) is 0. The number of hydrogen-bond acceptors (Lipinski definition) is 6. The van der Waals surface area contributed by atoms with E-state index in [2.05, 4.69) is 3.98 Å². The molecule has 0 aliphatic carbocycles. The van der Waals surface area contributed by atoms with Gasteiger partial charge in [-0.3, -0.25) is 0 Å². The second-order valence-electron chi connectivity index (χ2n) is 5.13. The molecule has 3 rings (SSSR count). The molecule has 0 aliphatic heterocycles. The minimum absolute atomic E-state index is 0.122. The number of aromatic nitrogens is 2. The molecule has 2 aromatic carbocycles. The van der Waals surface area contributed by atoms with E-state index >= 15 is 0 Å². The van der Waals surface area contributed by atoms with Gasteiger partial charge in [0.15, 0.2) is 0 Å². The molecule has 0 unspecified atom stereocenters. The predicted molar refractivity (Wildman–Crippen MR) is 96.1 cm³/mol. The van der Waals surface area contributed by atoms with Crippen LogP contribution in [-0.2, 0) is 0 Å². The molecule has 0 saturated heterocycles. The van der Waals surface area contributed by atoms with E-state index in [1.165, 1.54) is 0 Å². The average Bonchev–Trinajstić information content (AvgIpc) is 3.17. The molecule has 0 fully saturated rings. The second kappa shape index (κ2) is 7.59. The van der Waals surface area contributed by atoms with Crippen molar-refractivity contribution < 1.29 is 18.9 Å². The Bertz CT molecular complexity index is 765. The molecule has 0 saturated carbocycles. The van der Waals surface area contributed by atoms with Crippen LogP contribution < -0.4 is 18.9 Å². The van der Waals surface area contributed by atoms with E-state index in [1.807, 2.05) is 36.4 Å². The van der Waals surface area contributed by atoms with Crippen molar-refractivity contribution in [2.75, 3.05) is 28.4 Å². The first-order valence-electron chi connectivity index (χ1n) is 7.47. The van der Waals surface area contributed by atoms with Crippen LogP contribution in [0.15, 0.2) is 36.4 Å². The molecule has 3 aromatic rings. The van der Waals surface area contributed by atoms with Crippen molar-refractivity contribution >= 4 is 14.7 Å². The Morgan fingerprint density at radius 3 is 1.52 bits per heavy atom. The summed E-state index contributed by atoms with van der Waals surface area (Å²) in [6.07, 6.45) is 0. The molecule has 1 heterocycles. The second-order valence-corrected chi connectivity index (χ2v) is 6.70. The third kappa shape index (κ3) is 3.78. The molecule has 0 aliphatic rings. The molecule has 0 bridgehead atoms. The zero-order chi connectivity index (χ0) is 17.8. The predicted octanol–water partition coefficient (Wildman–Crippen LogP) is 2.90. The van der Waals surface area contributed by atoms with Crippen LogP contribution in [0.1, 0.15) is 0 Å². The van der Waals surface area contributed by atoms with E-state index in [4.69, 9.17) is 23.9 Å². The van der Waals surface area contributed by atoms with Crippen LogP contribution in [0, 0.1) is 0 Å². The fourth-order valence-electron chi connectivity index (χ4n) is 2.33. The van der Waals surface area contributed by atoms with E-state index in [1.54, 1.807) is 28.4 Å². The van der Waals surface area contributed by atoms with Gasteiger partial charge in [0.2, 0.25) is 0 Å². The van der Waals surface area contributed by atoms with Gasteiger partial charge < -0.3 is 0 Å². The van der Waals surface area contributed by atoms with Crippen molar-refractivity contribution in [1.29, 1.82) is 0 Å². The van der Waals surface area contributed by atoms with Gasteiger partial charge in [0.1, 0.15) is 0 Å². The maximum absolute atomic E-state index is 5.33. The molecule has 0 spiro atoms. The molecule has 130 valence electrons. The van der Waals surface area contributed by atoms with Gasteiger partial charge >= 0.3 is 152 Å². The summed E-state index contributed by atoms with van der Waals surface area (Å²) in [6, 6.07) is 11.3. The number of rotatable bonds is 6. The summed E-state index contributed by atoms with van der Waals surface area (Å²) >= 11 is -0.122. The van der Waals surface area contributed by atoms with Crippen LogP contribution in [0.5, 0.6) is 23.0 Å². The topological polar surface area (TPSA) is 62.7 Å². The Hall–Kier alpha value is -2.50. The van der Waals surface area contributed by atoms with E-state index in [0.29, 0.717) is 17.3 Å². The van der Waals surface area contributed by atoms with Crippen LogP contribution in [0.4, 0.5) is 0 Å². The summed E-state index contributed by atoms with van der Waals surface area (Å²) in [7, 11) is 6.50. The van der Waals surface area contributed by atoms with Gasteiger partial charge in [0.25, 0.3) is 0 Å². The van der Waals surface area contributed by atoms with E-state index in [-0.39, 0.29) is 14.7 Å². The Morgan fingerprint density at radius 2 is 1.08 bits per heavy atom. The van der Waals surface area contributed by atoms with Gasteiger partial charge in [-0.05, 0) is 0 Å². The molecule has 0 radical (unpaired) electrons.